The number of hydrogen-bond donors (Lipinski definition) is 3. The number of nitrogens with one attached hydrogen (secondary N) is 3. The number of rotatable bonds is 5. The smallest absolute Gasteiger partial charge is 0.269 e. The molecule has 3 N–H and O–H groups in total. The van der Waals surface area contributed by atoms with E-state index in [1.807, 2.05) is 0 Å². The molecule has 10 heteroatoms. The molecular weight excluding hydrogens is 433 g/mol. The molecule has 0 heterocycles. The van der Waals surface area contributed by atoms with E-state index in [2.05, 4.69) is 15.6 Å². The molecule has 3 aromatic rings. The third-order valence-corrected chi connectivity index (χ3v) is 5.54. The number of sulfonamides is 1. The van der Waals surface area contributed by atoms with Crippen molar-refractivity contribution in [1.29, 1.82) is 0 Å². The highest BCUT2D eigenvalue weighted by molar-refractivity contribution is 7.92. The van der Waals surface area contributed by atoms with Crippen molar-refractivity contribution < 1.29 is 22.4 Å². The highest BCUT2D eigenvalue weighted by Gasteiger charge is 2.18. The van der Waals surface area contributed by atoms with E-state index < -0.39 is 27.7 Å². The summed E-state index contributed by atoms with van der Waals surface area (Å²) in [6.07, 6.45) is 0. The molecular formula is C20H15ClFN3O4S. The minimum Gasteiger partial charge on any atom is -0.277 e. The number of carbonyl (C=O) groups is 2. The van der Waals surface area contributed by atoms with Gasteiger partial charge >= 0.3 is 0 Å². The van der Waals surface area contributed by atoms with Crippen LogP contribution >= 0.6 is 11.6 Å². The van der Waals surface area contributed by atoms with Crippen molar-refractivity contribution in [2.45, 2.75) is 4.90 Å². The van der Waals surface area contributed by atoms with Crippen LogP contribution in [0.4, 0.5) is 10.1 Å². The third-order valence-electron chi connectivity index (χ3n) is 3.92. The summed E-state index contributed by atoms with van der Waals surface area (Å²) >= 11 is 5.76. The summed E-state index contributed by atoms with van der Waals surface area (Å²) in [6.45, 7) is 0. The van der Waals surface area contributed by atoms with Gasteiger partial charge in [0, 0.05) is 16.1 Å². The van der Waals surface area contributed by atoms with Crippen molar-refractivity contribution in [2.75, 3.05) is 4.72 Å². The Morgan fingerprint density at radius 1 is 0.800 bits per heavy atom. The van der Waals surface area contributed by atoms with Crippen LogP contribution in [-0.4, -0.2) is 20.2 Å². The van der Waals surface area contributed by atoms with E-state index in [0.717, 1.165) is 12.1 Å². The molecule has 0 atom stereocenters. The maximum atomic E-state index is 13.7. The summed E-state index contributed by atoms with van der Waals surface area (Å²) in [5.74, 6) is -2.05. The summed E-state index contributed by atoms with van der Waals surface area (Å²) in [5, 5.41) is 0.456. The number of amides is 2. The van der Waals surface area contributed by atoms with E-state index in [1.165, 1.54) is 60.7 Å². The molecule has 0 aliphatic rings. The molecule has 0 saturated carbocycles. The normalized spacial score (nSPS) is 10.9. The molecule has 0 aromatic heterocycles. The fraction of sp³-hybridized carbons (Fsp3) is 0. The zero-order valence-electron chi connectivity index (χ0n) is 15.2. The van der Waals surface area contributed by atoms with Gasteiger partial charge in [0.15, 0.2) is 0 Å². The predicted octanol–water partition coefficient (Wildman–Crippen LogP) is 3.35. The monoisotopic (exact) mass is 447 g/mol. The second-order valence-corrected chi connectivity index (χ2v) is 8.15. The van der Waals surface area contributed by atoms with Gasteiger partial charge in [0.25, 0.3) is 21.8 Å². The van der Waals surface area contributed by atoms with Crippen LogP contribution in [-0.2, 0) is 10.0 Å². The van der Waals surface area contributed by atoms with Crippen LogP contribution in [0.25, 0.3) is 0 Å². The summed E-state index contributed by atoms with van der Waals surface area (Å²) in [6, 6.07) is 16.4. The minimum absolute atomic E-state index is 0.0252. The van der Waals surface area contributed by atoms with E-state index in [-0.39, 0.29) is 21.7 Å². The molecule has 0 bridgehead atoms. The van der Waals surface area contributed by atoms with Gasteiger partial charge in [-0.25, -0.2) is 12.8 Å². The van der Waals surface area contributed by atoms with Crippen LogP contribution in [0.3, 0.4) is 0 Å². The van der Waals surface area contributed by atoms with Crippen molar-refractivity contribution >= 4 is 39.1 Å². The highest BCUT2D eigenvalue weighted by Crippen LogP contribution is 2.19. The minimum atomic E-state index is -4.14. The fourth-order valence-electron chi connectivity index (χ4n) is 2.41. The lowest BCUT2D eigenvalue weighted by atomic mass is 10.2. The number of hydrogen-bond acceptors (Lipinski definition) is 4. The van der Waals surface area contributed by atoms with Crippen LogP contribution in [0, 0.1) is 5.82 Å². The number of para-hydroxylation sites is 1. The molecule has 2 amide bonds. The van der Waals surface area contributed by atoms with Crippen molar-refractivity contribution in [3.63, 3.8) is 0 Å². The standard InChI is InChI=1S/C20H15ClFN3O4S/c21-15-10-8-13(9-11-15)19(26)23-24-20(27)14-4-3-5-16(12-14)30(28,29)25-18-7-2-1-6-17(18)22/h1-12,25H,(H,23,26)(H,24,27). The molecule has 0 aliphatic carbocycles. The Morgan fingerprint density at radius 2 is 1.43 bits per heavy atom. The van der Waals surface area contributed by atoms with Gasteiger partial charge in [0.05, 0.1) is 10.6 Å². The van der Waals surface area contributed by atoms with Gasteiger partial charge in [0.1, 0.15) is 5.82 Å². The zero-order valence-corrected chi connectivity index (χ0v) is 16.8. The lowest BCUT2D eigenvalue weighted by molar-refractivity contribution is 0.0846. The number of hydrazine groups is 1. The second-order valence-electron chi connectivity index (χ2n) is 6.03. The van der Waals surface area contributed by atoms with E-state index in [1.54, 1.807) is 0 Å². The van der Waals surface area contributed by atoms with Crippen LogP contribution in [0.5, 0.6) is 0 Å². The number of carbonyl (C=O) groups excluding carboxylic acids is 2. The Bertz CT molecular complexity index is 1200. The van der Waals surface area contributed by atoms with Gasteiger partial charge in [-0.15, -0.1) is 0 Å². The first-order valence-corrected chi connectivity index (χ1v) is 10.4. The fourth-order valence-corrected chi connectivity index (χ4v) is 3.65. The quantitative estimate of drug-likeness (QED) is 0.521. The predicted molar refractivity (Wildman–Crippen MR) is 110 cm³/mol. The molecule has 154 valence electrons. The Kier molecular flexibility index (Phi) is 6.34. The van der Waals surface area contributed by atoms with E-state index in [4.69, 9.17) is 11.6 Å². The first-order chi connectivity index (χ1) is 14.3. The van der Waals surface area contributed by atoms with Crippen molar-refractivity contribution in [2.24, 2.45) is 0 Å². The molecule has 0 unspecified atom stereocenters. The molecule has 30 heavy (non-hydrogen) atoms. The van der Waals surface area contributed by atoms with Gasteiger partial charge in [0.2, 0.25) is 0 Å². The SMILES string of the molecule is O=C(NNC(=O)c1cccc(S(=O)(=O)Nc2ccccc2F)c1)c1ccc(Cl)cc1. The number of benzene rings is 3. The topological polar surface area (TPSA) is 104 Å². The molecule has 3 rings (SSSR count). The van der Waals surface area contributed by atoms with Gasteiger partial charge in [-0.2, -0.15) is 0 Å². The van der Waals surface area contributed by atoms with Crippen LogP contribution in [0.15, 0.2) is 77.7 Å². The Balaban J connectivity index is 1.71. The van der Waals surface area contributed by atoms with Gasteiger partial charge < -0.3 is 0 Å². The lowest BCUT2D eigenvalue weighted by Crippen LogP contribution is -2.41. The first kappa shape index (κ1) is 21.3. The molecule has 0 aliphatic heterocycles. The Labute approximate surface area is 176 Å². The Hall–Kier alpha value is -3.43. The van der Waals surface area contributed by atoms with Crippen molar-refractivity contribution in [3.05, 3.63) is 94.8 Å². The first-order valence-electron chi connectivity index (χ1n) is 8.50. The summed E-state index contributed by atoms with van der Waals surface area (Å²) in [4.78, 5) is 24.1. The van der Waals surface area contributed by atoms with Crippen molar-refractivity contribution in [3.8, 4) is 0 Å². The summed E-state index contributed by atoms with van der Waals surface area (Å²) < 4.78 is 40.9. The lowest BCUT2D eigenvalue weighted by Gasteiger charge is -2.11. The molecule has 0 saturated heterocycles. The molecule has 0 fully saturated rings. The van der Waals surface area contributed by atoms with E-state index in [0.29, 0.717) is 5.02 Å². The zero-order chi connectivity index (χ0) is 21.7. The average Bonchev–Trinajstić information content (AvgIpc) is 2.74. The highest BCUT2D eigenvalue weighted by atomic mass is 35.5. The number of halogens is 2. The Morgan fingerprint density at radius 3 is 2.10 bits per heavy atom. The van der Waals surface area contributed by atoms with Crippen LogP contribution < -0.4 is 15.6 Å². The third kappa shape index (κ3) is 5.13. The molecule has 0 spiro atoms. The van der Waals surface area contributed by atoms with Crippen LogP contribution in [0.1, 0.15) is 20.7 Å². The van der Waals surface area contributed by atoms with Crippen LogP contribution in [0.2, 0.25) is 5.02 Å². The van der Waals surface area contributed by atoms with E-state index in [9.17, 15) is 22.4 Å². The van der Waals surface area contributed by atoms with Gasteiger partial charge in [-0.1, -0.05) is 29.8 Å². The summed E-state index contributed by atoms with van der Waals surface area (Å²) in [7, 11) is -4.14. The number of anilines is 1. The van der Waals surface area contributed by atoms with E-state index >= 15 is 0 Å². The van der Waals surface area contributed by atoms with Crippen molar-refractivity contribution in [1.82, 2.24) is 10.9 Å². The second kappa shape index (κ2) is 8.93. The molecule has 0 radical (unpaired) electrons. The van der Waals surface area contributed by atoms with Gasteiger partial charge in [-0.3, -0.25) is 25.2 Å². The van der Waals surface area contributed by atoms with Gasteiger partial charge in [-0.05, 0) is 54.6 Å². The maximum Gasteiger partial charge on any atom is 0.269 e. The average molecular weight is 448 g/mol. The molecule has 7 nitrogen and oxygen atoms in total. The summed E-state index contributed by atoms with van der Waals surface area (Å²) in [5.41, 5.74) is 4.45. The largest absolute Gasteiger partial charge is 0.277 e. The maximum absolute atomic E-state index is 13.7. The molecule has 3 aromatic carbocycles.